The first-order chi connectivity index (χ1) is 16.2. The summed E-state index contributed by atoms with van der Waals surface area (Å²) in [6.07, 6.45) is 19.4. The van der Waals surface area contributed by atoms with Crippen LogP contribution in [0.2, 0.25) is 0 Å². The Morgan fingerprint density at radius 1 is 0.971 bits per heavy atom. The second kappa shape index (κ2) is 12.6. The van der Waals surface area contributed by atoms with Gasteiger partial charge in [0.15, 0.2) is 0 Å². The van der Waals surface area contributed by atoms with Gasteiger partial charge in [-0.05, 0) is 130 Å². The molecule has 0 saturated heterocycles. The second-order valence-electron chi connectivity index (χ2n) is 13.6. The number of allylic oxidation sites excluding steroid dienone is 4. The number of rotatable bonds is 17. The molecule has 0 aromatic rings. The predicted octanol–water partition coefficient (Wildman–Crippen LogP) is 10.7. The summed E-state index contributed by atoms with van der Waals surface area (Å²) in [7, 11) is 0. The molecule has 3 rings (SSSR count). The Balaban J connectivity index is 1.31. The molecule has 3 aliphatic carbocycles. The third kappa shape index (κ3) is 7.74. The zero-order chi connectivity index (χ0) is 25.0. The van der Waals surface area contributed by atoms with Crippen molar-refractivity contribution in [2.24, 2.45) is 65.1 Å². The van der Waals surface area contributed by atoms with Gasteiger partial charge in [-0.25, -0.2) is 0 Å². The smallest absolute Gasteiger partial charge is 0.00170 e. The number of hydrogen-bond acceptors (Lipinski definition) is 0. The highest BCUT2D eigenvalue weighted by Crippen LogP contribution is 2.60. The number of hydrogen-bond donors (Lipinski definition) is 0. The molecule has 0 radical (unpaired) electrons. The van der Waals surface area contributed by atoms with E-state index >= 15 is 0 Å². The maximum atomic E-state index is 2.66. The van der Waals surface area contributed by atoms with E-state index in [4.69, 9.17) is 0 Å². The van der Waals surface area contributed by atoms with Crippen molar-refractivity contribution >= 4 is 0 Å². The van der Waals surface area contributed by atoms with E-state index in [1.165, 1.54) is 64.2 Å². The Labute approximate surface area is 214 Å². The van der Waals surface area contributed by atoms with Crippen molar-refractivity contribution in [3.05, 3.63) is 23.3 Å². The van der Waals surface area contributed by atoms with Gasteiger partial charge in [0, 0.05) is 0 Å². The van der Waals surface area contributed by atoms with Gasteiger partial charge in [0.25, 0.3) is 0 Å². The average molecular weight is 469 g/mol. The molecule has 0 aliphatic heterocycles. The Kier molecular flexibility index (Phi) is 10.4. The normalized spacial score (nSPS) is 34.7. The zero-order valence-corrected chi connectivity index (χ0v) is 24.6. The molecule has 0 heterocycles. The lowest BCUT2D eigenvalue weighted by Crippen LogP contribution is -2.13. The summed E-state index contributed by atoms with van der Waals surface area (Å²) in [5.74, 6) is 10.2. The van der Waals surface area contributed by atoms with Crippen molar-refractivity contribution in [3.63, 3.8) is 0 Å². The van der Waals surface area contributed by atoms with Gasteiger partial charge >= 0.3 is 0 Å². The average Bonchev–Trinajstić information content (AvgIpc) is 3.73. The first-order valence-corrected chi connectivity index (χ1v) is 15.6. The maximum absolute atomic E-state index is 2.66. The second-order valence-corrected chi connectivity index (χ2v) is 13.6. The molecule has 34 heavy (non-hydrogen) atoms. The van der Waals surface area contributed by atoms with E-state index in [1.807, 2.05) is 5.57 Å². The van der Waals surface area contributed by atoms with Gasteiger partial charge in [0.2, 0.25) is 0 Å². The summed E-state index contributed by atoms with van der Waals surface area (Å²) in [5, 5.41) is 0. The summed E-state index contributed by atoms with van der Waals surface area (Å²) < 4.78 is 0. The molecule has 0 aromatic heterocycles. The molecule has 11 unspecified atom stereocenters. The molecular formula is C34H60. The minimum absolute atomic E-state index is 0.782. The van der Waals surface area contributed by atoms with E-state index < -0.39 is 0 Å². The van der Waals surface area contributed by atoms with E-state index in [9.17, 15) is 0 Å². The van der Waals surface area contributed by atoms with Crippen LogP contribution in [0.1, 0.15) is 127 Å². The molecular weight excluding hydrogens is 408 g/mol. The molecule has 0 heteroatoms. The van der Waals surface area contributed by atoms with Crippen molar-refractivity contribution in [2.45, 2.75) is 127 Å². The van der Waals surface area contributed by atoms with Gasteiger partial charge < -0.3 is 0 Å². The Bertz CT molecular complexity index is 682. The predicted molar refractivity (Wildman–Crippen MR) is 152 cm³/mol. The molecule has 0 bridgehead atoms. The summed E-state index contributed by atoms with van der Waals surface area (Å²) in [6.45, 7) is 22.0. The van der Waals surface area contributed by atoms with E-state index in [2.05, 4.69) is 74.5 Å². The van der Waals surface area contributed by atoms with Crippen molar-refractivity contribution in [3.8, 4) is 0 Å². The van der Waals surface area contributed by atoms with Crippen molar-refractivity contribution in [1.82, 2.24) is 0 Å². The fourth-order valence-corrected chi connectivity index (χ4v) is 7.43. The molecule has 0 N–H and O–H groups in total. The first kappa shape index (κ1) is 28.1. The van der Waals surface area contributed by atoms with Crippen LogP contribution in [0, 0.1) is 65.1 Å². The third-order valence-corrected chi connectivity index (χ3v) is 10.9. The van der Waals surface area contributed by atoms with Crippen molar-refractivity contribution in [2.75, 3.05) is 0 Å². The van der Waals surface area contributed by atoms with Crippen LogP contribution in [0.5, 0.6) is 0 Å². The first-order valence-electron chi connectivity index (χ1n) is 15.6. The van der Waals surface area contributed by atoms with Crippen LogP contribution in [-0.4, -0.2) is 0 Å². The lowest BCUT2D eigenvalue weighted by atomic mass is 9.82. The van der Waals surface area contributed by atoms with Gasteiger partial charge in [-0.15, -0.1) is 0 Å². The van der Waals surface area contributed by atoms with Gasteiger partial charge in [-0.2, -0.15) is 0 Å². The van der Waals surface area contributed by atoms with E-state index in [0.717, 1.165) is 65.1 Å². The maximum Gasteiger partial charge on any atom is -0.00170 e. The highest BCUT2D eigenvalue weighted by atomic mass is 14.6. The Morgan fingerprint density at radius 2 is 1.71 bits per heavy atom. The largest absolute Gasteiger partial charge is 0.0822 e. The topological polar surface area (TPSA) is 0 Å². The van der Waals surface area contributed by atoms with Crippen LogP contribution in [0.25, 0.3) is 0 Å². The fourth-order valence-electron chi connectivity index (χ4n) is 7.43. The third-order valence-electron chi connectivity index (χ3n) is 10.9. The van der Waals surface area contributed by atoms with Crippen LogP contribution in [0.15, 0.2) is 23.3 Å². The van der Waals surface area contributed by atoms with Gasteiger partial charge in [-0.1, -0.05) is 85.1 Å². The van der Waals surface area contributed by atoms with Crippen LogP contribution in [0.4, 0.5) is 0 Å². The molecule has 196 valence electrons. The lowest BCUT2D eigenvalue weighted by Gasteiger charge is -2.23. The van der Waals surface area contributed by atoms with Crippen molar-refractivity contribution < 1.29 is 0 Å². The van der Waals surface area contributed by atoms with Crippen LogP contribution < -0.4 is 0 Å². The van der Waals surface area contributed by atoms with Gasteiger partial charge in [0.05, 0.1) is 0 Å². The van der Waals surface area contributed by atoms with E-state index in [1.54, 1.807) is 5.57 Å². The van der Waals surface area contributed by atoms with Crippen LogP contribution in [0.3, 0.4) is 0 Å². The lowest BCUT2D eigenvalue weighted by molar-refractivity contribution is 0.276. The molecule has 0 amide bonds. The highest BCUT2D eigenvalue weighted by molar-refractivity contribution is 5.37. The van der Waals surface area contributed by atoms with Crippen LogP contribution >= 0.6 is 0 Å². The SMILES string of the molecule is CCC(C)=CC(CC)C(C)CCC1C(C)C1C1=CC1CCC(C)CC(C)C(C)CC1CC1CC. The summed E-state index contributed by atoms with van der Waals surface area (Å²) in [4.78, 5) is 0. The van der Waals surface area contributed by atoms with Crippen LogP contribution in [-0.2, 0) is 0 Å². The molecule has 2 fully saturated rings. The summed E-state index contributed by atoms with van der Waals surface area (Å²) in [6, 6.07) is 0. The summed E-state index contributed by atoms with van der Waals surface area (Å²) >= 11 is 0. The van der Waals surface area contributed by atoms with Gasteiger partial charge in [0.1, 0.15) is 0 Å². The Hall–Kier alpha value is -0.520. The molecule has 3 aliphatic rings. The quantitative estimate of drug-likeness (QED) is 0.186. The zero-order valence-electron chi connectivity index (χ0n) is 24.6. The van der Waals surface area contributed by atoms with E-state index in [0.29, 0.717) is 0 Å². The van der Waals surface area contributed by atoms with Crippen molar-refractivity contribution in [1.29, 1.82) is 0 Å². The Morgan fingerprint density at radius 3 is 2.32 bits per heavy atom. The minimum atomic E-state index is 0.782. The molecule has 2 saturated carbocycles. The highest BCUT2D eigenvalue weighted by Gasteiger charge is 2.52. The standard InChI is InChI=1S/C34H60/c1-10-22(4)18-28(11-2)24(6)14-16-32-27(9)34(32)33-21-30(33)15-13-23(5)17-25(7)26(8)19-31-20-29(31)12-3/h18,21,23-32,34H,10-17,19-20H2,1-9H3. The van der Waals surface area contributed by atoms with E-state index in [-0.39, 0.29) is 0 Å². The summed E-state index contributed by atoms with van der Waals surface area (Å²) in [5.41, 5.74) is 3.44. The molecule has 11 atom stereocenters. The monoisotopic (exact) mass is 468 g/mol. The molecule has 0 spiro atoms. The molecule has 0 nitrogen and oxygen atoms in total. The molecule has 0 aromatic carbocycles. The fraction of sp³-hybridized carbons (Fsp3) is 0.882. The minimum Gasteiger partial charge on any atom is -0.0822 e. The van der Waals surface area contributed by atoms with Gasteiger partial charge in [-0.3, -0.25) is 0 Å².